The molecule has 1 aliphatic carbocycles. The van der Waals surface area contributed by atoms with Crippen LogP contribution in [-0.2, 0) is 0 Å². The van der Waals surface area contributed by atoms with Crippen LogP contribution >= 0.6 is 0 Å². The summed E-state index contributed by atoms with van der Waals surface area (Å²) in [7, 11) is -0.349. The molecule has 0 bridgehead atoms. The molecule has 0 spiro atoms. The lowest BCUT2D eigenvalue weighted by molar-refractivity contribution is 1.10. The van der Waals surface area contributed by atoms with Crippen molar-refractivity contribution in [2.45, 2.75) is 32.5 Å². The molecule has 3 rings (SSSR count). The quantitative estimate of drug-likeness (QED) is 0.640. The standard InChI is InChI=1S/C19H21Si/c1-13-8-5-6-9-15(13)16-10-7-11-17-18(16)12-14(2)19(17)20(3)4/h5-12,19H,1-4H3. The van der Waals surface area contributed by atoms with Gasteiger partial charge in [0, 0.05) is 0 Å². The first-order valence-electron chi connectivity index (χ1n) is 7.26. The summed E-state index contributed by atoms with van der Waals surface area (Å²) in [6.07, 6.45) is 2.42. The van der Waals surface area contributed by atoms with Crippen LogP contribution in [0.25, 0.3) is 17.2 Å². The maximum atomic E-state index is 2.42. The monoisotopic (exact) mass is 277 g/mol. The van der Waals surface area contributed by atoms with Gasteiger partial charge in [-0.05, 0) is 47.2 Å². The molecule has 0 saturated heterocycles. The van der Waals surface area contributed by atoms with E-state index in [4.69, 9.17) is 0 Å². The van der Waals surface area contributed by atoms with E-state index in [9.17, 15) is 0 Å². The van der Waals surface area contributed by atoms with E-state index in [0.717, 1.165) is 0 Å². The van der Waals surface area contributed by atoms with Crippen LogP contribution in [0.1, 0.15) is 29.2 Å². The Balaban J connectivity index is 2.21. The van der Waals surface area contributed by atoms with Crippen LogP contribution in [0.15, 0.2) is 48.0 Å². The molecule has 2 aromatic rings. The van der Waals surface area contributed by atoms with Gasteiger partial charge in [0.1, 0.15) is 0 Å². The lowest BCUT2D eigenvalue weighted by Gasteiger charge is -2.18. The Morgan fingerprint density at radius 2 is 1.55 bits per heavy atom. The van der Waals surface area contributed by atoms with Gasteiger partial charge in [-0.1, -0.05) is 67.2 Å². The first-order chi connectivity index (χ1) is 9.59. The highest BCUT2D eigenvalue weighted by Crippen LogP contribution is 2.42. The van der Waals surface area contributed by atoms with Crippen LogP contribution < -0.4 is 0 Å². The third kappa shape index (κ3) is 2.06. The lowest BCUT2D eigenvalue weighted by Crippen LogP contribution is -2.15. The van der Waals surface area contributed by atoms with E-state index in [1.54, 1.807) is 11.1 Å². The van der Waals surface area contributed by atoms with Gasteiger partial charge < -0.3 is 0 Å². The van der Waals surface area contributed by atoms with Crippen molar-refractivity contribution in [2.75, 3.05) is 0 Å². The number of hydrogen-bond acceptors (Lipinski definition) is 0. The van der Waals surface area contributed by atoms with Crippen molar-refractivity contribution < 1.29 is 0 Å². The molecule has 0 amide bonds. The Morgan fingerprint density at radius 3 is 2.25 bits per heavy atom. The molecular formula is C19H21Si. The van der Waals surface area contributed by atoms with E-state index in [1.165, 1.54) is 22.3 Å². The molecule has 0 N–H and O–H groups in total. The van der Waals surface area contributed by atoms with E-state index in [1.807, 2.05) is 0 Å². The summed E-state index contributed by atoms with van der Waals surface area (Å²) >= 11 is 0. The van der Waals surface area contributed by atoms with Gasteiger partial charge in [-0.3, -0.25) is 0 Å². The second kappa shape index (κ2) is 5.06. The van der Waals surface area contributed by atoms with Crippen molar-refractivity contribution in [2.24, 2.45) is 0 Å². The minimum Gasteiger partial charge on any atom is -0.0705 e. The zero-order valence-electron chi connectivity index (χ0n) is 12.7. The minimum absolute atomic E-state index is 0.349. The van der Waals surface area contributed by atoms with Crippen LogP contribution in [0.4, 0.5) is 0 Å². The summed E-state index contributed by atoms with van der Waals surface area (Å²) in [5, 5.41) is 0. The van der Waals surface area contributed by atoms with E-state index in [0.29, 0.717) is 5.54 Å². The molecule has 0 aliphatic heterocycles. The summed E-state index contributed by atoms with van der Waals surface area (Å²) in [6, 6.07) is 15.5. The predicted octanol–water partition coefficient (Wildman–Crippen LogP) is 5.46. The summed E-state index contributed by atoms with van der Waals surface area (Å²) in [5.74, 6) is 0. The number of benzene rings is 2. The molecule has 0 fully saturated rings. The van der Waals surface area contributed by atoms with Crippen molar-refractivity contribution in [3.8, 4) is 11.1 Å². The average Bonchev–Trinajstić information content (AvgIpc) is 2.75. The van der Waals surface area contributed by atoms with E-state index in [2.05, 4.69) is 75.5 Å². The predicted molar refractivity (Wildman–Crippen MR) is 90.5 cm³/mol. The smallest absolute Gasteiger partial charge is 0.0551 e. The topological polar surface area (TPSA) is 0 Å². The van der Waals surface area contributed by atoms with Crippen molar-refractivity contribution in [1.29, 1.82) is 0 Å². The SMILES string of the molecule is CC1=Cc2c(-c3ccccc3C)cccc2C1[Si](C)C. The van der Waals surface area contributed by atoms with Crippen molar-refractivity contribution >= 4 is 14.9 Å². The van der Waals surface area contributed by atoms with E-state index < -0.39 is 0 Å². The van der Waals surface area contributed by atoms with Crippen LogP contribution in [0.5, 0.6) is 0 Å². The van der Waals surface area contributed by atoms with Crippen molar-refractivity contribution in [3.05, 3.63) is 64.7 Å². The molecule has 101 valence electrons. The van der Waals surface area contributed by atoms with Crippen molar-refractivity contribution in [3.63, 3.8) is 0 Å². The van der Waals surface area contributed by atoms with E-state index >= 15 is 0 Å². The molecule has 1 unspecified atom stereocenters. The van der Waals surface area contributed by atoms with Crippen molar-refractivity contribution in [1.82, 2.24) is 0 Å². The summed E-state index contributed by atoms with van der Waals surface area (Å²) < 4.78 is 0. The number of allylic oxidation sites excluding steroid dienone is 1. The maximum Gasteiger partial charge on any atom is 0.0551 e. The fourth-order valence-corrected chi connectivity index (χ4v) is 5.30. The van der Waals surface area contributed by atoms with Gasteiger partial charge in [0.2, 0.25) is 0 Å². The highest BCUT2D eigenvalue weighted by atomic mass is 28.3. The number of fused-ring (bicyclic) bond motifs is 1. The van der Waals surface area contributed by atoms with Gasteiger partial charge in [-0.2, -0.15) is 0 Å². The Hall–Kier alpha value is -1.60. The molecule has 1 radical (unpaired) electrons. The molecule has 20 heavy (non-hydrogen) atoms. The average molecular weight is 277 g/mol. The molecule has 0 saturated carbocycles. The van der Waals surface area contributed by atoms with Crippen LogP contribution in [0.3, 0.4) is 0 Å². The fourth-order valence-electron chi connectivity index (χ4n) is 3.43. The van der Waals surface area contributed by atoms with Gasteiger partial charge in [-0.25, -0.2) is 0 Å². The number of hydrogen-bond donors (Lipinski definition) is 0. The van der Waals surface area contributed by atoms with Crippen LogP contribution in [0, 0.1) is 6.92 Å². The molecule has 2 aromatic carbocycles. The third-order valence-corrected chi connectivity index (χ3v) is 6.21. The number of rotatable bonds is 2. The normalized spacial score (nSPS) is 17.2. The first kappa shape index (κ1) is 13.4. The zero-order chi connectivity index (χ0) is 14.3. The van der Waals surface area contributed by atoms with E-state index in [-0.39, 0.29) is 8.80 Å². The Kier molecular flexibility index (Phi) is 3.39. The zero-order valence-corrected chi connectivity index (χ0v) is 13.7. The van der Waals surface area contributed by atoms with Gasteiger partial charge in [0.25, 0.3) is 0 Å². The summed E-state index contributed by atoms with van der Waals surface area (Å²) in [4.78, 5) is 0. The largest absolute Gasteiger partial charge is 0.0705 e. The maximum absolute atomic E-state index is 2.42. The molecule has 0 aromatic heterocycles. The van der Waals surface area contributed by atoms with Crippen LogP contribution in [-0.4, -0.2) is 8.80 Å². The van der Waals surface area contributed by atoms with Gasteiger partial charge in [-0.15, -0.1) is 0 Å². The first-order valence-corrected chi connectivity index (χ1v) is 9.84. The fraction of sp³-hybridized carbons (Fsp3) is 0.263. The lowest BCUT2D eigenvalue weighted by atomic mass is 9.94. The molecular weight excluding hydrogens is 256 g/mol. The molecule has 1 aliphatic rings. The van der Waals surface area contributed by atoms with Gasteiger partial charge in [0.15, 0.2) is 0 Å². The molecule has 0 heterocycles. The molecule has 1 atom stereocenters. The summed E-state index contributed by atoms with van der Waals surface area (Å²) in [6.45, 7) is 9.33. The Labute approximate surface area is 123 Å². The highest BCUT2D eigenvalue weighted by molar-refractivity contribution is 6.58. The second-order valence-corrected chi connectivity index (χ2v) is 8.75. The Bertz CT molecular complexity index is 680. The third-order valence-electron chi connectivity index (χ3n) is 4.29. The highest BCUT2D eigenvalue weighted by Gasteiger charge is 2.27. The second-order valence-electron chi connectivity index (χ2n) is 6.02. The minimum atomic E-state index is -0.349. The van der Waals surface area contributed by atoms with Crippen LogP contribution in [0.2, 0.25) is 13.1 Å². The summed E-state index contributed by atoms with van der Waals surface area (Å²) in [5.41, 5.74) is 9.34. The molecule has 0 nitrogen and oxygen atoms in total. The Morgan fingerprint density at radius 1 is 0.850 bits per heavy atom. The van der Waals surface area contributed by atoms with Gasteiger partial charge in [0.05, 0.1) is 8.80 Å². The van der Waals surface area contributed by atoms with Gasteiger partial charge >= 0.3 is 0 Å². The number of aryl methyl sites for hydroxylation is 1. The molecule has 1 heteroatoms.